The number of rotatable bonds is 5. The van der Waals surface area contributed by atoms with Crippen LogP contribution in [-0.4, -0.2) is 61.0 Å². The molecule has 0 aromatic heterocycles. The number of halogens is 1. The predicted molar refractivity (Wildman–Crippen MR) is 90.0 cm³/mol. The molecule has 1 aliphatic carbocycles. The van der Waals surface area contributed by atoms with Gasteiger partial charge in [-0.15, -0.1) is 12.4 Å². The molecule has 2 rings (SSSR count). The summed E-state index contributed by atoms with van der Waals surface area (Å²) in [6, 6.07) is 1.06. The first-order valence-electron chi connectivity index (χ1n) is 8.43. The first kappa shape index (κ1) is 18.7. The molecule has 1 unspecified atom stereocenters. The van der Waals surface area contributed by atoms with E-state index in [2.05, 4.69) is 22.0 Å². The number of amides is 1. The van der Waals surface area contributed by atoms with Crippen LogP contribution in [0.5, 0.6) is 0 Å². The molecule has 4 nitrogen and oxygen atoms in total. The fourth-order valence-electron chi connectivity index (χ4n) is 3.75. The number of likely N-dealkylation sites (tertiary alicyclic amines) is 1. The van der Waals surface area contributed by atoms with Gasteiger partial charge in [0.15, 0.2) is 0 Å². The van der Waals surface area contributed by atoms with Crippen molar-refractivity contribution >= 4 is 18.3 Å². The van der Waals surface area contributed by atoms with Crippen molar-refractivity contribution in [1.82, 2.24) is 15.1 Å². The summed E-state index contributed by atoms with van der Waals surface area (Å²) in [5, 5.41) is 3.35. The second kappa shape index (κ2) is 9.65. The van der Waals surface area contributed by atoms with E-state index in [1.807, 2.05) is 7.05 Å². The fraction of sp³-hybridized carbons (Fsp3) is 0.938. The fourth-order valence-corrected chi connectivity index (χ4v) is 3.75. The summed E-state index contributed by atoms with van der Waals surface area (Å²) in [4.78, 5) is 17.1. The van der Waals surface area contributed by atoms with Crippen LogP contribution in [0, 0.1) is 0 Å². The van der Waals surface area contributed by atoms with Crippen molar-refractivity contribution in [3.63, 3.8) is 0 Å². The van der Waals surface area contributed by atoms with Gasteiger partial charge in [0.25, 0.3) is 0 Å². The van der Waals surface area contributed by atoms with Gasteiger partial charge in [-0.05, 0) is 46.2 Å². The van der Waals surface area contributed by atoms with Crippen LogP contribution in [0.3, 0.4) is 0 Å². The largest absolute Gasteiger partial charge is 0.339 e. The summed E-state index contributed by atoms with van der Waals surface area (Å²) >= 11 is 0. The molecule has 0 radical (unpaired) electrons. The Labute approximate surface area is 136 Å². The molecular weight excluding hydrogens is 286 g/mol. The number of carbonyl (C=O) groups is 1. The highest BCUT2D eigenvalue weighted by Gasteiger charge is 2.27. The van der Waals surface area contributed by atoms with Crippen LogP contribution in [0.25, 0.3) is 0 Å². The van der Waals surface area contributed by atoms with E-state index in [0.29, 0.717) is 24.5 Å². The first-order chi connectivity index (χ1) is 9.74. The minimum Gasteiger partial charge on any atom is -0.339 e. The van der Waals surface area contributed by atoms with Gasteiger partial charge in [-0.1, -0.05) is 19.3 Å². The van der Waals surface area contributed by atoms with Crippen LogP contribution in [0.4, 0.5) is 0 Å². The Morgan fingerprint density at radius 1 is 1.19 bits per heavy atom. The number of nitrogens with one attached hydrogen (secondary N) is 1. The Balaban J connectivity index is 0.00000220. The number of hydrogen-bond acceptors (Lipinski definition) is 3. The lowest BCUT2D eigenvalue weighted by Gasteiger charge is -2.37. The second-order valence-electron chi connectivity index (χ2n) is 6.33. The van der Waals surface area contributed by atoms with E-state index in [9.17, 15) is 4.79 Å². The van der Waals surface area contributed by atoms with Crippen molar-refractivity contribution in [3.8, 4) is 0 Å². The molecule has 0 bridgehead atoms. The molecule has 1 N–H and O–H groups in total. The summed E-state index contributed by atoms with van der Waals surface area (Å²) in [7, 11) is 2.02. The van der Waals surface area contributed by atoms with Gasteiger partial charge in [-0.25, -0.2) is 0 Å². The minimum atomic E-state index is 0. The average Bonchev–Trinajstić information content (AvgIpc) is 2.49. The lowest BCUT2D eigenvalue weighted by Crippen LogP contribution is -2.50. The molecule has 1 heterocycles. The van der Waals surface area contributed by atoms with Crippen LogP contribution < -0.4 is 5.32 Å². The van der Waals surface area contributed by atoms with Gasteiger partial charge in [0.1, 0.15) is 0 Å². The molecule has 0 aromatic carbocycles. The number of piperidine rings is 1. The topological polar surface area (TPSA) is 35.6 Å². The van der Waals surface area contributed by atoms with E-state index >= 15 is 0 Å². The lowest BCUT2D eigenvalue weighted by atomic mass is 9.94. The standard InChI is InChI=1S/C16H31N3O.ClH/c1-3-19(15-9-5-4-6-10-15)16(20)13-18-11-7-8-14(12-18)17-2;/h14-15,17H,3-13H2,1-2H3;1H. The summed E-state index contributed by atoms with van der Waals surface area (Å²) in [6.45, 7) is 5.70. The van der Waals surface area contributed by atoms with Crippen molar-refractivity contribution in [1.29, 1.82) is 0 Å². The molecular formula is C16H32ClN3O. The number of nitrogens with zero attached hydrogens (tertiary/aromatic N) is 2. The molecule has 124 valence electrons. The molecule has 1 saturated carbocycles. The maximum atomic E-state index is 12.6. The van der Waals surface area contributed by atoms with Gasteiger partial charge in [-0.2, -0.15) is 0 Å². The third kappa shape index (κ3) is 5.42. The van der Waals surface area contributed by atoms with Gasteiger partial charge >= 0.3 is 0 Å². The molecule has 21 heavy (non-hydrogen) atoms. The lowest BCUT2D eigenvalue weighted by molar-refractivity contribution is -0.135. The van der Waals surface area contributed by atoms with Gasteiger partial charge in [0.05, 0.1) is 6.54 Å². The minimum absolute atomic E-state index is 0. The predicted octanol–water partition coefficient (Wildman–Crippen LogP) is 2.27. The van der Waals surface area contributed by atoms with Crippen LogP contribution in [0.1, 0.15) is 51.9 Å². The van der Waals surface area contributed by atoms with E-state index in [4.69, 9.17) is 0 Å². The zero-order valence-corrected chi connectivity index (χ0v) is 14.5. The first-order valence-corrected chi connectivity index (χ1v) is 8.43. The van der Waals surface area contributed by atoms with E-state index in [-0.39, 0.29) is 12.4 Å². The van der Waals surface area contributed by atoms with Crippen molar-refractivity contribution in [2.75, 3.05) is 33.2 Å². The van der Waals surface area contributed by atoms with Crippen LogP contribution in [0.15, 0.2) is 0 Å². The van der Waals surface area contributed by atoms with E-state index in [1.165, 1.54) is 44.9 Å². The SMILES string of the molecule is CCN(C(=O)CN1CCCC(NC)C1)C1CCCCC1.Cl. The Morgan fingerprint density at radius 2 is 1.90 bits per heavy atom. The smallest absolute Gasteiger partial charge is 0.236 e. The summed E-state index contributed by atoms with van der Waals surface area (Å²) < 4.78 is 0. The van der Waals surface area contributed by atoms with Crippen molar-refractivity contribution in [2.45, 2.75) is 64.0 Å². The van der Waals surface area contributed by atoms with Gasteiger partial charge in [-0.3, -0.25) is 9.69 Å². The van der Waals surface area contributed by atoms with Crippen molar-refractivity contribution in [3.05, 3.63) is 0 Å². The Bertz CT molecular complexity index is 308. The Kier molecular flexibility index (Phi) is 8.60. The molecule has 2 fully saturated rings. The average molecular weight is 318 g/mol. The molecule has 1 saturated heterocycles. The molecule has 1 aliphatic heterocycles. The quantitative estimate of drug-likeness (QED) is 0.845. The molecule has 0 aromatic rings. The van der Waals surface area contributed by atoms with Crippen molar-refractivity contribution in [2.24, 2.45) is 0 Å². The summed E-state index contributed by atoms with van der Waals surface area (Å²) in [5.41, 5.74) is 0. The van der Waals surface area contributed by atoms with Crippen LogP contribution in [-0.2, 0) is 4.79 Å². The van der Waals surface area contributed by atoms with Gasteiger partial charge in [0, 0.05) is 25.2 Å². The van der Waals surface area contributed by atoms with Crippen LogP contribution in [0.2, 0.25) is 0 Å². The molecule has 5 heteroatoms. The summed E-state index contributed by atoms with van der Waals surface area (Å²) in [6.07, 6.45) is 8.78. The number of carbonyl (C=O) groups excluding carboxylic acids is 1. The molecule has 0 spiro atoms. The molecule has 2 aliphatic rings. The van der Waals surface area contributed by atoms with E-state index in [0.717, 1.165) is 19.6 Å². The highest BCUT2D eigenvalue weighted by molar-refractivity contribution is 5.85. The maximum Gasteiger partial charge on any atom is 0.236 e. The second-order valence-corrected chi connectivity index (χ2v) is 6.33. The zero-order chi connectivity index (χ0) is 14.4. The van der Waals surface area contributed by atoms with Gasteiger partial charge < -0.3 is 10.2 Å². The zero-order valence-electron chi connectivity index (χ0n) is 13.6. The third-order valence-corrected chi connectivity index (χ3v) is 4.95. The molecule has 1 atom stereocenters. The Hall–Kier alpha value is -0.320. The normalized spacial score (nSPS) is 24.4. The number of likely N-dealkylation sites (N-methyl/N-ethyl adjacent to an activating group) is 2. The van der Waals surface area contributed by atoms with E-state index in [1.54, 1.807) is 0 Å². The Morgan fingerprint density at radius 3 is 2.52 bits per heavy atom. The van der Waals surface area contributed by atoms with E-state index < -0.39 is 0 Å². The van der Waals surface area contributed by atoms with Gasteiger partial charge in [0.2, 0.25) is 5.91 Å². The van der Waals surface area contributed by atoms with Crippen molar-refractivity contribution < 1.29 is 4.79 Å². The highest BCUT2D eigenvalue weighted by atomic mass is 35.5. The number of hydrogen-bond donors (Lipinski definition) is 1. The monoisotopic (exact) mass is 317 g/mol. The third-order valence-electron chi connectivity index (χ3n) is 4.95. The molecule has 1 amide bonds. The summed E-state index contributed by atoms with van der Waals surface area (Å²) in [5.74, 6) is 0.344. The highest BCUT2D eigenvalue weighted by Crippen LogP contribution is 2.23. The van der Waals surface area contributed by atoms with Crippen LogP contribution >= 0.6 is 12.4 Å². The maximum absolute atomic E-state index is 12.6.